The van der Waals surface area contributed by atoms with Crippen molar-refractivity contribution >= 4 is 0 Å². The number of furan rings is 2. The molecule has 3 aromatic carbocycles. The molecule has 0 unspecified atom stereocenters. The van der Waals surface area contributed by atoms with E-state index in [4.69, 9.17) is 8.83 Å². The lowest BCUT2D eigenvalue weighted by Gasteiger charge is -1.92. The molecular weight excluding hydrogens is 580 g/mol. The minimum atomic E-state index is 0.00917. The lowest BCUT2D eigenvalue weighted by molar-refractivity contribution is 0.579. The van der Waals surface area contributed by atoms with E-state index in [0.29, 0.717) is 33.8 Å². The van der Waals surface area contributed by atoms with E-state index < -0.39 is 0 Å². The van der Waals surface area contributed by atoms with Crippen LogP contribution in [0.1, 0.15) is 0 Å². The van der Waals surface area contributed by atoms with Crippen molar-refractivity contribution in [2.75, 3.05) is 0 Å². The van der Waals surface area contributed by atoms with E-state index in [-0.39, 0.29) is 16.3 Å². The van der Waals surface area contributed by atoms with Gasteiger partial charge in [0.15, 0.2) is 10.9 Å². The highest BCUT2D eigenvalue weighted by molar-refractivity contribution is 5.94. The first-order valence-electron chi connectivity index (χ1n) is 14.2. The van der Waals surface area contributed by atoms with E-state index in [9.17, 15) is 14.4 Å². The topological polar surface area (TPSA) is 129 Å². The Balaban J connectivity index is 0.000000110. The molecule has 0 amide bonds. The molecule has 0 spiro atoms. The molecule has 9 aromatic rings. The number of hydrogen-bond acceptors (Lipinski definition) is 9. The van der Waals surface area contributed by atoms with Crippen LogP contribution in [0.2, 0.25) is 0 Å². The average Bonchev–Trinajstić information content (AvgIpc) is 3.95. The number of pyridine rings is 4. The van der Waals surface area contributed by atoms with Crippen LogP contribution in [-0.2, 0) is 0 Å². The second-order valence-corrected chi connectivity index (χ2v) is 10.1. The molecule has 0 radical (unpaired) electrons. The van der Waals surface area contributed by atoms with E-state index in [1.807, 2.05) is 60.7 Å². The fourth-order valence-electron chi connectivity index (χ4n) is 4.92. The predicted molar refractivity (Wildman–Crippen MR) is 174 cm³/mol. The number of aromatic nitrogens is 4. The zero-order valence-electron chi connectivity index (χ0n) is 24.0. The van der Waals surface area contributed by atoms with Crippen LogP contribution in [0.4, 0.5) is 0 Å². The molecule has 0 N–H and O–H groups in total. The molecule has 220 valence electrons. The molecule has 6 aromatic heterocycles. The summed E-state index contributed by atoms with van der Waals surface area (Å²) in [4.78, 5) is 51.0. The van der Waals surface area contributed by atoms with Crippen molar-refractivity contribution in [2.45, 2.75) is 0 Å². The van der Waals surface area contributed by atoms with Gasteiger partial charge in [-0.2, -0.15) is 0 Å². The SMILES string of the molecule is O=c1c(-c2ccccn2)c1-c1ccccn1.O=c1c(-c2ccco2)c1-c1ccco1.O=c1c(-c2ccncc2)c1-c1ccncc1. The highest BCUT2D eigenvalue weighted by Gasteiger charge is 2.29. The van der Waals surface area contributed by atoms with Gasteiger partial charge in [-0.3, -0.25) is 34.3 Å². The fourth-order valence-corrected chi connectivity index (χ4v) is 4.92. The van der Waals surface area contributed by atoms with Crippen molar-refractivity contribution in [2.24, 2.45) is 0 Å². The first-order valence-corrected chi connectivity index (χ1v) is 14.2. The summed E-state index contributed by atoms with van der Waals surface area (Å²) in [7, 11) is 0. The summed E-state index contributed by atoms with van der Waals surface area (Å²) in [5.74, 6) is 1.22. The Labute approximate surface area is 261 Å². The van der Waals surface area contributed by atoms with Gasteiger partial charge in [0.1, 0.15) is 11.5 Å². The van der Waals surface area contributed by atoms with Gasteiger partial charge < -0.3 is 8.83 Å². The van der Waals surface area contributed by atoms with Gasteiger partial charge in [0.05, 0.1) is 46.2 Å². The monoisotopic (exact) mass is 602 g/mol. The van der Waals surface area contributed by atoms with Gasteiger partial charge in [0, 0.05) is 48.3 Å². The summed E-state index contributed by atoms with van der Waals surface area (Å²) in [5.41, 5.74) is 7.76. The summed E-state index contributed by atoms with van der Waals surface area (Å²) in [6.45, 7) is 0. The molecule has 46 heavy (non-hydrogen) atoms. The zero-order valence-corrected chi connectivity index (χ0v) is 24.0. The maximum atomic E-state index is 11.7. The van der Waals surface area contributed by atoms with Crippen molar-refractivity contribution in [3.05, 3.63) is 165 Å². The van der Waals surface area contributed by atoms with E-state index in [2.05, 4.69) is 19.9 Å². The van der Waals surface area contributed by atoms with Crippen LogP contribution >= 0.6 is 0 Å². The summed E-state index contributed by atoms with van der Waals surface area (Å²) in [5, 5.41) is 0. The van der Waals surface area contributed by atoms with Crippen LogP contribution in [0.15, 0.2) is 158 Å². The van der Waals surface area contributed by atoms with E-state index in [0.717, 1.165) is 33.6 Å². The van der Waals surface area contributed by atoms with Crippen molar-refractivity contribution in [1.29, 1.82) is 0 Å². The van der Waals surface area contributed by atoms with Gasteiger partial charge >= 0.3 is 0 Å². The number of rotatable bonds is 6. The van der Waals surface area contributed by atoms with Crippen LogP contribution in [0.3, 0.4) is 0 Å². The number of hydrogen-bond donors (Lipinski definition) is 0. The Hall–Kier alpha value is -6.61. The molecular formula is C37H22N4O5. The second-order valence-electron chi connectivity index (χ2n) is 10.1. The van der Waals surface area contributed by atoms with Gasteiger partial charge in [-0.05, 0) is 83.9 Å². The molecule has 0 saturated heterocycles. The van der Waals surface area contributed by atoms with Gasteiger partial charge in [0.25, 0.3) is 0 Å². The minimum absolute atomic E-state index is 0.00917. The van der Waals surface area contributed by atoms with Crippen molar-refractivity contribution in [3.8, 4) is 67.4 Å². The molecule has 0 atom stereocenters. The standard InChI is InChI=1S/2C13H8N2O.C11H6O3/c16-13-11(9-1-5-14-6-2-9)12(13)10-3-7-15-8-4-10;16-13-11(9-5-1-3-7-14-9)12(13)10-6-2-4-8-15-10;12-11-9(7-3-1-5-13-7)10(11)8-4-2-6-14-8/h2*1-8H;1-6H. The Morgan fingerprint density at radius 1 is 0.391 bits per heavy atom. The van der Waals surface area contributed by atoms with E-state index in [1.165, 1.54) is 0 Å². The zero-order chi connectivity index (χ0) is 31.5. The minimum Gasteiger partial charge on any atom is -0.464 e. The van der Waals surface area contributed by atoms with E-state index in [1.54, 1.807) is 74.0 Å². The fraction of sp³-hybridized carbons (Fsp3) is 0. The molecule has 0 aliphatic carbocycles. The van der Waals surface area contributed by atoms with Crippen molar-refractivity contribution in [1.82, 2.24) is 19.9 Å². The lowest BCUT2D eigenvalue weighted by atomic mass is 10.1. The molecule has 9 rings (SSSR count). The first kappa shape index (κ1) is 28.2. The lowest BCUT2D eigenvalue weighted by Crippen LogP contribution is -1.80. The second kappa shape index (κ2) is 12.2. The van der Waals surface area contributed by atoms with Crippen LogP contribution in [0.25, 0.3) is 67.4 Å². The molecule has 9 nitrogen and oxygen atoms in total. The summed E-state index contributed by atoms with van der Waals surface area (Å²) in [6.07, 6.45) is 13.2. The smallest absolute Gasteiger partial charge is 0.202 e. The Morgan fingerprint density at radius 3 is 1.17 bits per heavy atom. The molecule has 0 bridgehead atoms. The highest BCUT2D eigenvalue weighted by Crippen LogP contribution is 2.35. The molecule has 0 fully saturated rings. The summed E-state index contributed by atoms with van der Waals surface area (Å²) >= 11 is 0. The van der Waals surface area contributed by atoms with Crippen LogP contribution in [0.5, 0.6) is 0 Å². The van der Waals surface area contributed by atoms with Crippen LogP contribution < -0.4 is 16.3 Å². The largest absolute Gasteiger partial charge is 0.464 e. The number of nitrogens with zero attached hydrogens (tertiary/aromatic N) is 4. The van der Waals surface area contributed by atoms with Gasteiger partial charge in [-0.15, -0.1) is 0 Å². The van der Waals surface area contributed by atoms with Crippen LogP contribution in [0, 0.1) is 0 Å². The Kier molecular flexibility index (Phi) is 7.46. The third kappa shape index (κ3) is 5.68. The Bertz CT molecular complexity index is 2060. The average molecular weight is 603 g/mol. The van der Waals surface area contributed by atoms with E-state index >= 15 is 0 Å². The highest BCUT2D eigenvalue weighted by atomic mass is 16.3. The predicted octanol–water partition coefficient (Wildman–Crippen LogP) is 6.54. The molecule has 0 saturated carbocycles. The molecule has 9 heteroatoms. The third-order valence-electron chi connectivity index (χ3n) is 7.24. The van der Waals surface area contributed by atoms with Crippen molar-refractivity contribution < 1.29 is 8.83 Å². The maximum Gasteiger partial charge on any atom is 0.202 e. The van der Waals surface area contributed by atoms with Gasteiger partial charge in [-0.25, -0.2) is 0 Å². The normalized spacial score (nSPS) is 10.9. The van der Waals surface area contributed by atoms with Gasteiger partial charge in [-0.1, -0.05) is 12.1 Å². The van der Waals surface area contributed by atoms with Crippen molar-refractivity contribution in [3.63, 3.8) is 0 Å². The summed E-state index contributed by atoms with van der Waals surface area (Å²) < 4.78 is 10.3. The molecule has 6 heterocycles. The molecule has 0 aliphatic heterocycles. The third-order valence-corrected chi connectivity index (χ3v) is 7.24. The van der Waals surface area contributed by atoms with Gasteiger partial charge in [0.2, 0.25) is 5.43 Å². The molecule has 0 aliphatic rings. The first-order chi connectivity index (χ1) is 22.6. The Morgan fingerprint density at radius 2 is 0.804 bits per heavy atom. The van der Waals surface area contributed by atoms with Crippen LogP contribution in [-0.4, -0.2) is 19.9 Å². The quantitative estimate of drug-likeness (QED) is 0.208. The summed E-state index contributed by atoms with van der Waals surface area (Å²) in [6, 6.07) is 25.5. The maximum absolute atomic E-state index is 11.7.